The van der Waals surface area contributed by atoms with Gasteiger partial charge in [-0.2, -0.15) is 5.26 Å². The van der Waals surface area contributed by atoms with Gasteiger partial charge in [-0.3, -0.25) is 4.79 Å². The van der Waals surface area contributed by atoms with Crippen LogP contribution in [0.2, 0.25) is 0 Å². The van der Waals surface area contributed by atoms with Crippen molar-refractivity contribution >= 4 is 17.6 Å². The zero-order valence-electron chi connectivity index (χ0n) is 11.3. The lowest BCUT2D eigenvalue weighted by molar-refractivity contribution is -0.122. The van der Waals surface area contributed by atoms with Crippen molar-refractivity contribution in [2.24, 2.45) is 5.41 Å². The molecule has 5 heteroatoms. The van der Waals surface area contributed by atoms with Crippen molar-refractivity contribution in [2.45, 2.75) is 32.6 Å². The summed E-state index contributed by atoms with van der Waals surface area (Å²) in [5.74, 6) is -1.29. The van der Waals surface area contributed by atoms with E-state index in [1.54, 1.807) is 19.1 Å². The summed E-state index contributed by atoms with van der Waals surface area (Å²) < 4.78 is 0. The highest BCUT2D eigenvalue weighted by atomic mass is 16.4. The van der Waals surface area contributed by atoms with E-state index in [-0.39, 0.29) is 11.5 Å². The fourth-order valence-corrected chi connectivity index (χ4v) is 2.60. The van der Waals surface area contributed by atoms with E-state index in [4.69, 9.17) is 5.11 Å². The number of nitriles is 1. The molecular formula is C15H16N2O3. The molecule has 0 aliphatic heterocycles. The van der Waals surface area contributed by atoms with Crippen LogP contribution < -0.4 is 5.32 Å². The number of nitrogens with zero attached hydrogens (tertiary/aromatic N) is 1. The van der Waals surface area contributed by atoms with Gasteiger partial charge in [0.2, 0.25) is 5.91 Å². The quantitative estimate of drug-likeness (QED) is 0.885. The van der Waals surface area contributed by atoms with Crippen LogP contribution in [-0.2, 0) is 4.79 Å². The summed E-state index contributed by atoms with van der Waals surface area (Å²) in [4.78, 5) is 23.2. The van der Waals surface area contributed by atoms with Gasteiger partial charge in [-0.05, 0) is 43.5 Å². The van der Waals surface area contributed by atoms with Gasteiger partial charge in [0.25, 0.3) is 0 Å². The van der Waals surface area contributed by atoms with Crippen molar-refractivity contribution < 1.29 is 14.7 Å². The second kappa shape index (κ2) is 5.33. The van der Waals surface area contributed by atoms with Crippen LogP contribution in [0.25, 0.3) is 0 Å². The van der Waals surface area contributed by atoms with E-state index in [1.807, 2.05) is 0 Å². The molecule has 1 fully saturated rings. The number of carboxylic acid groups (broad SMARTS) is 1. The predicted octanol–water partition coefficient (Wildman–Crippen LogP) is 2.72. The molecule has 1 saturated carbocycles. The molecule has 2 rings (SSSR count). The lowest BCUT2D eigenvalue weighted by Gasteiger charge is -2.19. The van der Waals surface area contributed by atoms with Crippen LogP contribution in [0.5, 0.6) is 0 Å². The van der Waals surface area contributed by atoms with Crippen LogP contribution in [0, 0.1) is 23.7 Å². The van der Waals surface area contributed by atoms with Crippen molar-refractivity contribution in [3.63, 3.8) is 0 Å². The van der Waals surface area contributed by atoms with Crippen molar-refractivity contribution in [2.75, 3.05) is 5.32 Å². The van der Waals surface area contributed by atoms with Crippen molar-refractivity contribution in [1.82, 2.24) is 0 Å². The van der Waals surface area contributed by atoms with Crippen LogP contribution >= 0.6 is 0 Å². The molecule has 5 nitrogen and oxygen atoms in total. The molecule has 104 valence electrons. The highest BCUT2D eigenvalue weighted by Gasteiger charge is 2.41. The zero-order chi connectivity index (χ0) is 14.8. The highest BCUT2D eigenvalue weighted by Crippen LogP contribution is 2.38. The topological polar surface area (TPSA) is 90.2 Å². The number of carboxylic acids is 1. The molecule has 1 amide bonds. The summed E-state index contributed by atoms with van der Waals surface area (Å²) in [6.07, 6.45) is 2.94. The molecule has 0 radical (unpaired) electrons. The van der Waals surface area contributed by atoms with Gasteiger partial charge in [0, 0.05) is 5.69 Å². The van der Waals surface area contributed by atoms with Gasteiger partial charge < -0.3 is 10.4 Å². The normalized spacial score (nSPS) is 16.4. The van der Waals surface area contributed by atoms with Gasteiger partial charge in [-0.15, -0.1) is 0 Å². The first kappa shape index (κ1) is 14.1. The first-order valence-electron chi connectivity index (χ1n) is 6.55. The molecule has 1 aromatic rings. The van der Waals surface area contributed by atoms with Crippen LogP contribution in [0.3, 0.4) is 0 Å². The van der Waals surface area contributed by atoms with E-state index >= 15 is 0 Å². The summed E-state index contributed by atoms with van der Waals surface area (Å²) in [6, 6.07) is 6.76. The molecule has 0 bridgehead atoms. The molecule has 0 saturated heterocycles. The minimum atomic E-state index is -0.996. The van der Waals surface area contributed by atoms with E-state index in [2.05, 4.69) is 11.4 Å². The fourth-order valence-electron chi connectivity index (χ4n) is 2.60. The van der Waals surface area contributed by atoms with E-state index in [0.717, 1.165) is 12.8 Å². The average Bonchev–Trinajstić information content (AvgIpc) is 2.88. The van der Waals surface area contributed by atoms with Gasteiger partial charge >= 0.3 is 5.97 Å². The highest BCUT2D eigenvalue weighted by molar-refractivity contribution is 5.98. The number of rotatable bonds is 3. The monoisotopic (exact) mass is 272 g/mol. The molecule has 2 N–H and O–H groups in total. The maximum atomic E-state index is 12.2. The fraction of sp³-hybridized carbons (Fsp3) is 0.400. The number of hydrogen-bond donors (Lipinski definition) is 2. The van der Waals surface area contributed by atoms with Gasteiger partial charge in [-0.25, -0.2) is 4.79 Å². The number of amides is 1. The number of anilines is 1. The third-order valence-electron chi connectivity index (χ3n) is 3.82. The summed E-state index contributed by atoms with van der Waals surface area (Å²) in [6.45, 7) is 1.68. The smallest absolute Gasteiger partial charge is 0.335 e. The van der Waals surface area contributed by atoms with Crippen LogP contribution in [-0.4, -0.2) is 17.0 Å². The van der Waals surface area contributed by atoms with E-state index in [9.17, 15) is 14.9 Å². The van der Waals surface area contributed by atoms with E-state index < -0.39 is 11.4 Å². The average molecular weight is 272 g/mol. The first-order valence-corrected chi connectivity index (χ1v) is 6.55. The van der Waals surface area contributed by atoms with Gasteiger partial charge in [0.05, 0.1) is 11.6 Å². The number of nitrogens with one attached hydrogen (secondary N) is 1. The molecule has 1 aromatic carbocycles. The maximum Gasteiger partial charge on any atom is 0.335 e. The summed E-state index contributed by atoms with van der Waals surface area (Å²) in [7, 11) is 0. The van der Waals surface area contributed by atoms with Crippen molar-refractivity contribution in [3.05, 3.63) is 29.3 Å². The minimum absolute atomic E-state index is 0.207. The Bertz CT molecular complexity index is 596. The number of aryl methyl sites for hydroxylation is 1. The Morgan fingerprint density at radius 2 is 2.00 bits per heavy atom. The van der Waals surface area contributed by atoms with E-state index in [1.165, 1.54) is 6.07 Å². The van der Waals surface area contributed by atoms with Crippen LogP contribution in [0.4, 0.5) is 5.69 Å². The third kappa shape index (κ3) is 2.50. The number of hydrogen-bond acceptors (Lipinski definition) is 3. The largest absolute Gasteiger partial charge is 0.478 e. The standard InChI is InChI=1S/C15H16N2O3/c1-10-8-11(4-5-12(10)13(18)19)17-14(20)15(9-16)6-2-3-7-15/h4-5,8H,2-3,6-7H2,1H3,(H,17,20)(H,18,19). The van der Waals surface area contributed by atoms with Gasteiger partial charge in [0.1, 0.15) is 5.41 Å². The zero-order valence-corrected chi connectivity index (χ0v) is 11.3. The molecule has 1 aliphatic carbocycles. The van der Waals surface area contributed by atoms with Crippen molar-refractivity contribution in [3.8, 4) is 6.07 Å². The minimum Gasteiger partial charge on any atom is -0.478 e. The molecule has 0 spiro atoms. The Labute approximate surface area is 117 Å². The maximum absolute atomic E-state index is 12.2. The first-order chi connectivity index (χ1) is 9.48. The molecule has 0 aromatic heterocycles. The van der Waals surface area contributed by atoms with Gasteiger partial charge in [-0.1, -0.05) is 12.8 Å². The van der Waals surface area contributed by atoms with Crippen LogP contribution in [0.1, 0.15) is 41.6 Å². The van der Waals surface area contributed by atoms with E-state index in [0.29, 0.717) is 24.1 Å². The summed E-state index contributed by atoms with van der Waals surface area (Å²) in [5, 5.41) is 20.9. The Balaban J connectivity index is 2.18. The molecule has 1 aliphatic rings. The number of aromatic carboxylic acids is 1. The molecule has 0 atom stereocenters. The lowest BCUT2D eigenvalue weighted by Crippen LogP contribution is -2.32. The lowest BCUT2D eigenvalue weighted by atomic mass is 9.87. The summed E-state index contributed by atoms with van der Waals surface area (Å²) in [5.41, 5.74) is 0.380. The molecule has 20 heavy (non-hydrogen) atoms. The predicted molar refractivity (Wildman–Crippen MR) is 73.3 cm³/mol. The number of carbonyl (C=O) groups excluding carboxylic acids is 1. The SMILES string of the molecule is Cc1cc(NC(=O)C2(C#N)CCCC2)ccc1C(=O)O. The second-order valence-electron chi connectivity index (χ2n) is 5.19. The number of benzene rings is 1. The summed E-state index contributed by atoms with van der Waals surface area (Å²) >= 11 is 0. The Hall–Kier alpha value is -2.35. The Morgan fingerprint density at radius 1 is 1.35 bits per heavy atom. The van der Waals surface area contributed by atoms with Crippen molar-refractivity contribution in [1.29, 1.82) is 5.26 Å². The Kier molecular flexibility index (Phi) is 3.75. The Morgan fingerprint density at radius 3 is 2.50 bits per heavy atom. The molecular weight excluding hydrogens is 256 g/mol. The second-order valence-corrected chi connectivity index (χ2v) is 5.19. The molecule has 0 unspecified atom stereocenters. The number of carbonyl (C=O) groups is 2. The third-order valence-corrected chi connectivity index (χ3v) is 3.82. The van der Waals surface area contributed by atoms with Gasteiger partial charge in [0.15, 0.2) is 0 Å². The van der Waals surface area contributed by atoms with Crippen LogP contribution in [0.15, 0.2) is 18.2 Å². The molecule has 0 heterocycles.